The van der Waals surface area contributed by atoms with Crippen molar-refractivity contribution in [2.75, 3.05) is 19.0 Å². The highest BCUT2D eigenvalue weighted by Crippen LogP contribution is 2.29. The molecule has 0 saturated carbocycles. The number of benzene rings is 3. The number of nitrogens with one attached hydrogen (secondary N) is 2. The van der Waals surface area contributed by atoms with E-state index in [9.17, 15) is 9.59 Å². The monoisotopic (exact) mass is 483 g/mol. The second-order valence-corrected chi connectivity index (χ2v) is 7.73. The number of anilines is 1. The molecule has 0 saturated heterocycles. The fraction of sp³-hybridized carbons (Fsp3) is 0.130. The van der Waals surface area contributed by atoms with E-state index in [1.165, 1.54) is 0 Å². The summed E-state index contributed by atoms with van der Waals surface area (Å²) in [5.41, 5.74) is 5.16. The molecular weight excluding hydrogens is 460 g/mol. The topological polar surface area (TPSA) is 110 Å². The maximum Gasteiger partial charge on any atom is 0.288 e. The Labute approximate surface area is 189 Å². The molecule has 7 nitrogen and oxygen atoms in total. The van der Waals surface area contributed by atoms with Crippen LogP contribution in [-0.4, -0.2) is 25.5 Å². The number of methoxy groups -OCH3 is 1. The number of nitrogens with two attached hydrogens (primary N) is 2. The molecule has 2 amide bonds. The van der Waals surface area contributed by atoms with Crippen LogP contribution >= 0.6 is 15.9 Å². The van der Waals surface area contributed by atoms with Crippen LogP contribution in [0.4, 0.5) is 5.69 Å². The van der Waals surface area contributed by atoms with Gasteiger partial charge in [0, 0.05) is 21.2 Å². The van der Waals surface area contributed by atoms with Crippen molar-refractivity contribution in [1.82, 2.24) is 5.43 Å². The Bertz CT molecular complexity index is 1040. The second kappa shape index (κ2) is 10.7. The minimum atomic E-state index is -0.292. The van der Waals surface area contributed by atoms with E-state index in [4.69, 9.17) is 10.6 Å². The Morgan fingerprint density at radius 1 is 1.06 bits per heavy atom. The minimum absolute atomic E-state index is 0.133. The van der Waals surface area contributed by atoms with Crippen molar-refractivity contribution in [3.05, 3.63) is 94.0 Å². The molecule has 0 unspecified atom stereocenters. The van der Waals surface area contributed by atoms with Gasteiger partial charge in [0.25, 0.3) is 11.8 Å². The zero-order valence-corrected chi connectivity index (χ0v) is 18.6. The van der Waals surface area contributed by atoms with Gasteiger partial charge in [0.15, 0.2) is 6.54 Å². The Hall–Kier alpha value is -3.20. The molecule has 0 aliphatic rings. The molecule has 0 aliphatic carbocycles. The highest BCUT2D eigenvalue weighted by atomic mass is 79.9. The first-order chi connectivity index (χ1) is 15.0. The van der Waals surface area contributed by atoms with Crippen LogP contribution in [0.2, 0.25) is 0 Å². The molecule has 0 radical (unpaired) electrons. The molecule has 0 aromatic heterocycles. The molecule has 6 N–H and O–H groups in total. The average molecular weight is 484 g/mol. The van der Waals surface area contributed by atoms with E-state index in [1.807, 2.05) is 53.8 Å². The Balaban J connectivity index is 1.94. The summed E-state index contributed by atoms with van der Waals surface area (Å²) in [5, 5.41) is 4.87. The summed E-state index contributed by atoms with van der Waals surface area (Å²) in [6.07, 6.45) is 0. The van der Waals surface area contributed by atoms with Gasteiger partial charge in [-0.1, -0.05) is 46.3 Å². The molecule has 0 spiro atoms. The third-order valence-electron chi connectivity index (χ3n) is 4.81. The van der Waals surface area contributed by atoms with Crippen LogP contribution in [0.1, 0.15) is 27.5 Å². The van der Waals surface area contributed by atoms with Gasteiger partial charge in [0.2, 0.25) is 0 Å². The van der Waals surface area contributed by atoms with Crippen LogP contribution in [-0.2, 0) is 4.79 Å². The van der Waals surface area contributed by atoms with Crippen molar-refractivity contribution in [1.29, 1.82) is 0 Å². The number of amides is 2. The molecule has 1 atom stereocenters. The molecule has 0 heterocycles. The van der Waals surface area contributed by atoms with E-state index >= 15 is 0 Å². The first kappa shape index (κ1) is 22.5. The third kappa shape index (κ3) is 5.91. The van der Waals surface area contributed by atoms with Gasteiger partial charge in [-0.25, -0.2) is 5.84 Å². The Kier molecular flexibility index (Phi) is 7.77. The van der Waals surface area contributed by atoms with Gasteiger partial charge in [0.1, 0.15) is 11.8 Å². The first-order valence-corrected chi connectivity index (χ1v) is 10.4. The molecule has 0 bridgehead atoms. The smallest absolute Gasteiger partial charge is 0.288 e. The average Bonchev–Trinajstić information content (AvgIpc) is 2.81. The number of carbonyl (C=O) groups excluding carboxylic acids is 2. The number of hydrazine groups is 1. The summed E-state index contributed by atoms with van der Waals surface area (Å²) in [7, 11) is 1.58. The van der Waals surface area contributed by atoms with Crippen molar-refractivity contribution in [2.45, 2.75) is 6.04 Å². The van der Waals surface area contributed by atoms with Crippen LogP contribution in [0.5, 0.6) is 5.75 Å². The number of halogens is 1. The molecule has 3 rings (SSSR count). The Morgan fingerprint density at radius 2 is 1.77 bits per heavy atom. The molecule has 0 aliphatic heterocycles. The second-order valence-electron chi connectivity index (χ2n) is 6.81. The van der Waals surface area contributed by atoms with Gasteiger partial charge >= 0.3 is 0 Å². The zero-order chi connectivity index (χ0) is 22.2. The number of hydrogen-bond acceptors (Lipinski definition) is 4. The summed E-state index contributed by atoms with van der Waals surface area (Å²) in [5.74, 6) is 5.40. The van der Waals surface area contributed by atoms with Crippen molar-refractivity contribution >= 4 is 33.4 Å². The lowest BCUT2D eigenvalue weighted by molar-refractivity contribution is -0.676. The number of quaternary nitrogens is 1. The number of ether oxygens (including phenoxy) is 1. The molecule has 31 heavy (non-hydrogen) atoms. The molecule has 3 aromatic carbocycles. The van der Waals surface area contributed by atoms with E-state index in [0.717, 1.165) is 15.6 Å². The van der Waals surface area contributed by atoms with E-state index in [2.05, 4.69) is 26.7 Å². The Morgan fingerprint density at radius 3 is 2.42 bits per heavy atom. The largest absolute Gasteiger partial charge is 0.497 e. The van der Waals surface area contributed by atoms with E-state index in [-0.39, 0.29) is 24.4 Å². The quantitative estimate of drug-likeness (QED) is 0.224. The van der Waals surface area contributed by atoms with Crippen molar-refractivity contribution in [3.8, 4) is 5.75 Å². The van der Waals surface area contributed by atoms with Gasteiger partial charge in [-0.3, -0.25) is 15.0 Å². The lowest BCUT2D eigenvalue weighted by Gasteiger charge is -2.20. The predicted molar refractivity (Wildman–Crippen MR) is 122 cm³/mol. The highest BCUT2D eigenvalue weighted by molar-refractivity contribution is 9.10. The van der Waals surface area contributed by atoms with E-state index in [1.54, 1.807) is 31.4 Å². The van der Waals surface area contributed by atoms with E-state index in [0.29, 0.717) is 17.0 Å². The zero-order valence-electron chi connectivity index (χ0n) is 17.0. The predicted octanol–water partition coefficient (Wildman–Crippen LogP) is 2.35. The van der Waals surface area contributed by atoms with Crippen LogP contribution in [0.3, 0.4) is 0 Å². The van der Waals surface area contributed by atoms with Gasteiger partial charge in [0.05, 0.1) is 12.8 Å². The normalized spacial score (nSPS) is 11.5. The lowest BCUT2D eigenvalue weighted by atomic mass is 9.96. The summed E-state index contributed by atoms with van der Waals surface area (Å²) >= 11 is 3.52. The lowest BCUT2D eigenvalue weighted by Crippen LogP contribution is -2.88. The molecule has 0 fully saturated rings. The number of hydrogen-bond donors (Lipinski definition) is 4. The SMILES string of the molecule is COc1ccc(C(=O)Nc2ccc(Br)cc2[C@@H]([NH2+]CC(=O)NN)c2ccccc2)cc1. The van der Waals surface area contributed by atoms with Crippen molar-refractivity contribution < 1.29 is 19.6 Å². The van der Waals surface area contributed by atoms with Gasteiger partial charge in [-0.2, -0.15) is 0 Å². The van der Waals surface area contributed by atoms with Crippen LogP contribution < -0.4 is 26.6 Å². The summed E-state index contributed by atoms with van der Waals surface area (Å²) in [6, 6.07) is 22.1. The minimum Gasteiger partial charge on any atom is -0.497 e. The van der Waals surface area contributed by atoms with Crippen molar-refractivity contribution in [2.24, 2.45) is 5.84 Å². The summed E-state index contributed by atoms with van der Waals surface area (Å²) in [4.78, 5) is 24.7. The molecule has 8 heteroatoms. The first-order valence-electron chi connectivity index (χ1n) is 9.64. The number of rotatable bonds is 8. The maximum atomic E-state index is 12.9. The standard InChI is InChI=1S/C23H23BrN4O3/c1-31-18-10-7-16(8-11-18)23(30)27-20-12-9-17(24)13-19(20)22(26-14-21(29)28-25)15-5-3-2-4-6-15/h2-13,22,26H,14,25H2,1H3,(H,27,30)(H,28,29)/p+1/t22-/m0/s1. The fourth-order valence-corrected chi connectivity index (χ4v) is 3.61. The van der Waals surface area contributed by atoms with Crippen LogP contribution in [0.15, 0.2) is 77.3 Å². The summed E-state index contributed by atoms with van der Waals surface area (Å²) in [6.45, 7) is 0.133. The molecule has 160 valence electrons. The third-order valence-corrected chi connectivity index (χ3v) is 5.30. The van der Waals surface area contributed by atoms with Crippen molar-refractivity contribution in [3.63, 3.8) is 0 Å². The highest BCUT2D eigenvalue weighted by Gasteiger charge is 2.23. The van der Waals surface area contributed by atoms with Gasteiger partial charge < -0.3 is 15.4 Å². The van der Waals surface area contributed by atoms with E-state index < -0.39 is 0 Å². The van der Waals surface area contributed by atoms with Gasteiger partial charge in [-0.05, 0) is 42.5 Å². The maximum absolute atomic E-state index is 12.9. The van der Waals surface area contributed by atoms with Crippen LogP contribution in [0.25, 0.3) is 0 Å². The fourth-order valence-electron chi connectivity index (χ4n) is 3.23. The summed E-state index contributed by atoms with van der Waals surface area (Å²) < 4.78 is 6.02. The van der Waals surface area contributed by atoms with Gasteiger partial charge in [-0.15, -0.1) is 0 Å². The molecule has 3 aromatic rings. The molecular formula is C23H24BrN4O3+. The number of carbonyl (C=O) groups is 2. The van der Waals surface area contributed by atoms with Crippen LogP contribution in [0, 0.1) is 0 Å².